The van der Waals surface area contributed by atoms with Crippen LogP contribution in [0.2, 0.25) is 0 Å². The molecule has 1 amide bonds. The van der Waals surface area contributed by atoms with Crippen LogP contribution in [0.1, 0.15) is 18.9 Å². The Labute approximate surface area is 161 Å². The Kier molecular flexibility index (Phi) is 7.82. The number of para-hydroxylation sites is 2. The van der Waals surface area contributed by atoms with E-state index < -0.39 is 10.0 Å². The van der Waals surface area contributed by atoms with E-state index in [1.165, 1.54) is 18.9 Å². The third kappa shape index (κ3) is 6.69. The van der Waals surface area contributed by atoms with Crippen LogP contribution in [-0.2, 0) is 21.2 Å². The zero-order chi connectivity index (χ0) is 19.7. The fraction of sp³-hybridized carbons (Fsp3) is 0.350. The number of methoxy groups -OCH3 is 1. The van der Waals surface area contributed by atoms with Gasteiger partial charge in [-0.1, -0.05) is 42.5 Å². The molecule has 0 heterocycles. The third-order valence-corrected chi connectivity index (χ3v) is 5.60. The third-order valence-electron chi connectivity index (χ3n) is 4.13. The van der Waals surface area contributed by atoms with E-state index in [-0.39, 0.29) is 24.7 Å². The molecule has 0 aromatic heterocycles. The van der Waals surface area contributed by atoms with Crippen molar-refractivity contribution in [3.63, 3.8) is 0 Å². The molecule has 2 aromatic carbocycles. The summed E-state index contributed by atoms with van der Waals surface area (Å²) in [7, 11) is -1.86. The van der Waals surface area contributed by atoms with E-state index in [0.29, 0.717) is 24.3 Å². The summed E-state index contributed by atoms with van der Waals surface area (Å²) in [4.78, 5) is 13.5. The van der Waals surface area contributed by atoms with Gasteiger partial charge in [-0.15, -0.1) is 0 Å². The van der Waals surface area contributed by atoms with E-state index in [0.717, 1.165) is 5.56 Å². The van der Waals surface area contributed by atoms with Gasteiger partial charge in [0.2, 0.25) is 15.9 Å². The van der Waals surface area contributed by atoms with Crippen molar-refractivity contribution in [2.24, 2.45) is 0 Å². The second-order valence-electron chi connectivity index (χ2n) is 6.14. The van der Waals surface area contributed by atoms with E-state index in [9.17, 15) is 13.2 Å². The van der Waals surface area contributed by atoms with Gasteiger partial charge < -0.3 is 9.64 Å². The topological polar surface area (TPSA) is 75.7 Å². The average Bonchev–Trinajstić information content (AvgIpc) is 2.65. The number of benzene rings is 2. The maximum absolute atomic E-state index is 12.2. The van der Waals surface area contributed by atoms with Gasteiger partial charge in [-0.05, 0) is 30.5 Å². The maximum atomic E-state index is 12.2. The number of nitrogens with zero attached hydrogens (tertiary/aromatic N) is 1. The molecule has 0 saturated heterocycles. The lowest BCUT2D eigenvalue weighted by molar-refractivity contribution is -0.116. The molecule has 0 aliphatic carbocycles. The predicted octanol–water partition coefficient (Wildman–Crippen LogP) is 2.60. The Morgan fingerprint density at radius 1 is 1.07 bits per heavy atom. The first kappa shape index (κ1) is 20.9. The zero-order valence-corrected chi connectivity index (χ0v) is 16.5. The van der Waals surface area contributed by atoms with Crippen molar-refractivity contribution in [1.29, 1.82) is 0 Å². The second kappa shape index (κ2) is 10.1. The number of hydrogen-bond donors (Lipinski definition) is 1. The number of nitrogens with one attached hydrogen (secondary N) is 1. The molecule has 7 heteroatoms. The molecule has 0 saturated carbocycles. The number of ether oxygens (including phenoxy) is 1. The molecular formula is C20H26N2O4S. The number of carbonyl (C=O) groups excluding carboxylic acids is 1. The highest BCUT2D eigenvalue weighted by Gasteiger charge is 2.17. The summed E-state index contributed by atoms with van der Waals surface area (Å²) >= 11 is 0. The summed E-state index contributed by atoms with van der Waals surface area (Å²) in [5.74, 6) is 0.442. The number of hydrogen-bond acceptors (Lipinski definition) is 4. The number of carbonyl (C=O) groups is 1. The van der Waals surface area contributed by atoms with Gasteiger partial charge in [0.25, 0.3) is 0 Å². The second-order valence-corrected chi connectivity index (χ2v) is 8.07. The first-order chi connectivity index (χ1) is 12.9. The quantitative estimate of drug-likeness (QED) is 0.677. The van der Waals surface area contributed by atoms with Crippen molar-refractivity contribution in [2.75, 3.05) is 30.9 Å². The molecule has 0 spiro atoms. The molecular weight excluding hydrogens is 364 g/mol. The van der Waals surface area contributed by atoms with E-state index in [4.69, 9.17) is 4.74 Å². The van der Waals surface area contributed by atoms with Gasteiger partial charge in [-0.3, -0.25) is 4.79 Å². The maximum Gasteiger partial charge on any atom is 0.224 e. The number of rotatable bonds is 10. The molecule has 0 atom stereocenters. The number of sulfonamides is 1. The van der Waals surface area contributed by atoms with E-state index >= 15 is 0 Å². The average molecular weight is 391 g/mol. The van der Waals surface area contributed by atoms with Crippen LogP contribution in [0.5, 0.6) is 5.75 Å². The van der Waals surface area contributed by atoms with Crippen LogP contribution in [0.3, 0.4) is 0 Å². The van der Waals surface area contributed by atoms with Gasteiger partial charge in [-0.2, -0.15) is 0 Å². The molecule has 27 heavy (non-hydrogen) atoms. The molecule has 146 valence electrons. The van der Waals surface area contributed by atoms with Crippen molar-refractivity contribution in [1.82, 2.24) is 4.72 Å². The molecule has 1 N–H and O–H groups in total. The van der Waals surface area contributed by atoms with E-state index in [1.807, 2.05) is 42.5 Å². The fourth-order valence-corrected chi connectivity index (χ4v) is 3.87. The van der Waals surface area contributed by atoms with E-state index in [2.05, 4.69) is 4.72 Å². The number of amides is 1. The van der Waals surface area contributed by atoms with Crippen molar-refractivity contribution >= 4 is 21.6 Å². The predicted molar refractivity (Wildman–Crippen MR) is 108 cm³/mol. The Bertz CT molecular complexity index is 838. The number of anilines is 1. The molecule has 0 radical (unpaired) electrons. The van der Waals surface area contributed by atoms with Crippen LogP contribution in [0.25, 0.3) is 0 Å². The number of aryl methyl sites for hydroxylation is 1. The summed E-state index contributed by atoms with van der Waals surface area (Å²) in [6, 6.07) is 16.9. The van der Waals surface area contributed by atoms with Gasteiger partial charge in [0, 0.05) is 20.0 Å². The summed E-state index contributed by atoms with van der Waals surface area (Å²) in [6.45, 7) is 1.82. The van der Waals surface area contributed by atoms with Crippen molar-refractivity contribution < 1.29 is 17.9 Å². The SMILES string of the molecule is COc1ccccc1N(CCNS(=O)(=O)CCCc1ccccc1)C(C)=O. The molecule has 0 aliphatic rings. The van der Waals surface area contributed by atoms with Crippen LogP contribution < -0.4 is 14.4 Å². The molecule has 0 fully saturated rings. The lowest BCUT2D eigenvalue weighted by Crippen LogP contribution is -2.38. The lowest BCUT2D eigenvalue weighted by Gasteiger charge is -2.23. The minimum atomic E-state index is -3.39. The molecule has 0 bridgehead atoms. The van der Waals surface area contributed by atoms with Crippen LogP contribution in [0.15, 0.2) is 54.6 Å². The summed E-state index contributed by atoms with van der Waals surface area (Å²) < 4.78 is 32.2. The molecule has 0 unspecified atom stereocenters. The largest absolute Gasteiger partial charge is 0.495 e. The first-order valence-corrected chi connectivity index (χ1v) is 10.5. The molecule has 2 rings (SSSR count). The molecule has 6 nitrogen and oxygen atoms in total. The highest BCUT2D eigenvalue weighted by molar-refractivity contribution is 7.89. The standard InChI is InChI=1S/C20H26N2O4S/c1-17(23)22(19-12-6-7-13-20(19)26-2)15-14-21-27(24,25)16-8-11-18-9-4-3-5-10-18/h3-7,9-10,12-13,21H,8,11,14-16H2,1-2H3. The minimum Gasteiger partial charge on any atom is -0.495 e. The molecule has 0 aliphatic heterocycles. The van der Waals surface area contributed by atoms with Crippen molar-refractivity contribution in [3.05, 3.63) is 60.2 Å². The highest BCUT2D eigenvalue weighted by atomic mass is 32.2. The fourth-order valence-electron chi connectivity index (χ4n) is 2.80. The molecule has 2 aromatic rings. The van der Waals surface area contributed by atoms with Crippen LogP contribution in [-0.4, -0.2) is 40.3 Å². The van der Waals surface area contributed by atoms with Gasteiger partial charge in [0.1, 0.15) is 5.75 Å². The van der Waals surface area contributed by atoms with Crippen molar-refractivity contribution in [2.45, 2.75) is 19.8 Å². The minimum absolute atomic E-state index is 0.0522. The Morgan fingerprint density at radius 3 is 2.41 bits per heavy atom. The van der Waals surface area contributed by atoms with Crippen LogP contribution in [0, 0.1) is 0 Å². The van der Waals surface area contributed by atoms with Gasteiger partial charge in [-0.25, -0.2) is 13.1 Å². The Hall–Kier alpha value is -2.38. The summed E-state index contributed by atoms with van der Waals surface area (Å²) in [5.41, 5.74) is 1.74. The van der Waals surface area contributed by atoms with E-state index in [1.54, 1.807) is 12.1 Å². The Morgan fingerprint density at radius 2 is 1.74 bits per heavy atom. The van der Waals surface area contributed by atoms with Gasteiger partial charge in [0.05, 0.1) is 18.6 Å². The van der Waals surface area contributed by atoms with Crippen LogP contribution in [0.4, 0.5) is 5.69 Å². The zero-order valence-electron chi connectivity index (χ0n) is 15.7. The highest BCUT2D eigenvalue weighted by Crippen LogP contribution is 2.27. The van der Waals surface area contributed by atoms with Gasteiger partial charge >= 0.3 is 0 Å². The van der Waals surface area contributed by atoms with Crippen molar-refractivity contribution in [3.8, 4) is 5.75 Å². The Balaban J connectivity index is 1.87. The van der Waals surface area contributed by atoms with Gasteiger partial charge in [0.15, 0.2) is 0 Å². The summed E-state index contributed by atoms with van der Waals surface area (Å²) in [6.07, 6.45) is 1.25. The lowest BCUT2D eigenvalue weighted by atomic mass is 10.1. The normalized spacial score (nSPS) is 11.2. The monoisotopic (exact) mass is 390 g/mol. The van der Waals surface area contributed by atoms with Crippen LogP contribution >= 0.6 is 0 Å². The summed E-state index contributed by atoms with van der Waals surface area (Å²) in [5, 5.41) is 0. The smallest absolute Gasteiger partial charge is 0.224 e. The first-order valence-electron chi connectivity index (χ1n) is 8.85.